The number of halogens is 1. The van der Waals surface area contributed by atoms with Crippen molar-refractivity contribution in [2.24, 2.45) is 0 Å². The lowest BCUT2D eigenvalue weighted by Gasteiger charge is -2.35. The largest absolute Gasteiger partial charge is 0.462 e. The van der Waals surface area contributed by atoms with Crippen molar-refractivity contribution in [1.29, 1.82) is 0 Å². The molecule has 2 heterocycles. The summed E-state index contributed by atoms with van der Waals surface area (Å²) >= 11 is 1.52. The van der Waals surface area contributed by atoms with E-state index in [1.165, 1.54) is 22.3 Å². The number of hydrogen-bond donors (Lipinski definition) is 1. The highest BCUT2D eigenvalue weighted by molar-refractivity contribution is 7.17. The molecular formula is C24H30FN3O3S. The van der Waals surface area contributed by atoms with Crippen LogP contribution in [0.5, 0.6) is 0 Å². The predicted octanol–water partition coefficient (Wildman–Crippen LogP) is 4.09. The highest BCUT2D eigenvalue weighted by Gasteiger charge is 2.27. The van der Waals surface area contributed by atoms with E-state index in [-0.39, 0.29) is 24.2 Å². The smallest absolute Gasteiger partial charge is 0.341 e. The molecule has 1 saturated heterocycles. The van der Waals surface area contributed by atoms with Crippen LogP contribution in [0, 0.1) is 5.82 Å². The number of carbonyl (C=O) groups is 2. The van der Waals surface area contributed by atoms with Crippen LogP contribution < -0.4 is 10.2 Å². The number of nitrogens with zero attached hydrogens (tertiary/aromatic N) is 2. The maximum absolute atomic E-state index is 14.0. The van der Waals surface area contributed by atoms with Gasteiger partial charge in [-0.15, -0.1) is 11.3 Å². The standard InChI is InChI=1S/C24H30FN3O3S/c1-2-31-24(30)22-17-8-4-3-5-11-20(17)32-23(22)26-21(29)16-27-12-14-28(15-13-27)19-10-7-6-9-18(19)25/h6-7,9-10H,2-5,8,11-16H2,1H3,(H,26,29). The lowest BCUT2D eigenvalue weighted by atomic mass is 10.1. The summed E-state index contributed by atoms with van der Waals surface area (Å²) in [5.41, 5.74) is 2.21. The van der Waals surface area contributed by atoms with E-state index in [1.54, 1.807) is 19.1 Å². The van der Waals surface area contributed by atoms with Crippen LogP contribution in [-0.2, 0) is 22.4 Å². The summed E-state index contributed by atoms with van der Waals surface area (Å²) in [7, 11) is 0. The Morgan fingerprint density at radius 1 is 1.09 bits per heavy atom. The Morgan fingerprint density at radius 2 is 1.84 bits per heavy atom. The van der Waals surface area contributed by atoms with Gasteiger partial charge in [-0.2, -0.15) is 0 Å². The van der Waals surface area contributed by atoms with Gasteiger partial charge in [-0.25, -0.2) is 9.18 Å². The van der Waals surface area contributed by atoms with Crippen molar-refractivity contribution in [3.8, 4) is 0 Å². The minimum absolute atomic E-state index is 0.133. The van der Waals surface area contributed by atoms with E-state index in [1.807, 2.05) is 11.0 Å². The predicted molar refractivity (Wildman–Crippen MR) is 125 cm³/mol. The van der Waals surface area contributed by atoms with Gasteiger partial charge in [-0.3, -0.25) is 9.69 Å². The monoisotopic (exact) mass is 459 g/mol. The number of aryl methyl sites for hydroxylation is 1. The van der Waals surface area contributed by atoms with Crippen LogP contribution >= 0.6 is 11.3 Å². The number of thiophene rings is 1. The normalized spacial score (nSPS) is 16.9. The van der Waals surface area contributed by atoms with Gasteiger partial charge in [-0.05, 0) is 50.3 Å². The molecule has 2 aliphatic rings. The molecule has 0 saturated carbocycles. The number of fused-ring (bicyclic) bond motifs is 1. The maximum Gasteiger partial charge on any atom is 0.341 e. The Labute approximate surface area is 192 Å². The van der Waals surface area contributed by atoms with Crippen molar-refractivity contribution in [2.75, 3.05) is 49.5 Å². The van der Waals surface area contributed by atoms with Crippen LogP contribution in [0.25, 0.3) is 0 Å². The van der Waals surface area contributed by atoms with Crippen LogP contribution in [0.2, 0.25) is 0 Å². The zero-order valence-electron chi connectivity index (χ0n) is 18.5. The van der Waals surface area contributed by atoms with E-state index in [9.17, 15) is 14.0 Å². The van der Waals surface area contributed by atoms with Crippen LogP contribution in [-0.4, -0.2) is 56.1 Å². The molecular weight excluding hydrogens is 429 g/mol. The number of hydrogen-bond acceptors (Lipinski definition) is 6. The molecule has 8 heteroatoms. The number of benzene rings is 1. The Hall–Kier alpha value is -2.45. The van der Waals surface area contributed by atoms with Gasteiger partial charge in [0.25, 0.3) is 0 Å². The van der Waals surface area contributed by atoms with Crippen molar-refractivity contribution in [1.82, 2.24) is 4.90 Å². The van der Waals surface area contributed by atoms with Crippen molar-refractivity contribution in [2.45, 2.75) is 39.0 Å². The van der Waals surface area contributed by atoms with Crippen molar-refractivity contribution in [3.63, 3.8) is 0 Å². The second-order valence-corrected chi connectivity index (χ2v) is 9.36. The molecule has 0 bridgehead atoms. The number of carbonyl (C=O) groups excluding carboxylic acids is 2. The van der Waals surface area contributed by atoms with E-state index in [2.05, 4.69) is 10.2 Å². The number of esters is 1. The zero-order chi connectivity index (χ0) is 22.5. The summed E-state index contributed by atoms with van der Waals surface area (Å²) in [5, 5.41) is 3.61. The number of anilines is 2. The molecule has 1 aliphatic carbocycles. The number of para-hydroxylation sites is 1. The van der Waals surface area contributed by atoms with Gasteiger partial charge in [0.1, 0.15) is 10.8 Å². The molecule has 172 valence electrons. The second kappa shape index (κ2) is 10.4. The molecule has 1 N–H and O–H groups in total. The molecule has 0 atom stereocenters. The Morgan fingerprint density at radius 3 is 2.59 bits per heavy atom. The first-order chi connectivity index (χ1) is 15.6. The SMILES string of the molecule is CCOC(=O)c1c(NC(=O)CN2CCN(c3ccccc3F)CC2)sc2c1CCCCC2. The minimum Gasteiger partial charge on any atom is -0.462 e. The van der Waals surface area contributed by atoms with Gasteiger partial charge in [0.2, 0.25) is 5.91 Å². The van der Waals surface area contributed by atoms with Gasteiger partial charge < -0.3 is 15.0 Å². The summed E-state index contributed by atoms with van der Waals surface area (Å²) in [6, 6.07) is 6.78. The molecule has 1 amide bonds. The quantitative estimate of drug-likeness (QED) is 0.521. The molecule has 0 spiro atoms. The van der Waals surface area contributed by atoms with E-state index in [0.29, 0.717) is 49.0 Å². The summed E-state index contributed by atoms with van der Waals surface area (Å²) < 4.78 is 19.3. The molecule has 1 fully saturated rings. The molecule has 0 radical (unpaired) electrons. The minimum atomic E-state index is -0.347. The molecule has 1 aromatic heterocycles. The first kappa shape index (κ1) is 22.7. The molecule has 6 nitrogen and oxygen atoms in total. The number of piperazine rings is 1. The first-order valence-corrected chi connectivity index (χ1v) is 12.2. The van der Waals surface area contributed by atoms with Gasteiger partial charge in [0.05, 0.1) is 24.4 Å². The fourth-order valence-corrected chi connectivity index (χ4v) is 5.77. The Balaban J connectivity index is 1.39. The lowest BCUT2D eigenvalue weighted by Crippen LogP contribution is -2.48. The average molecular weight is 460 g/mol. The molecule has 1 aromatic carbocycles. The summed E-state index contributed by atoms with van der Waals surface area (Å²) in [6.45, 7) is 5.02. The van der Waals surface area contributed by atoms with Crippen LogP contribution in [0.1, 0.15) is 47.0 Å². The van der Waals surface area contributed by atoms with E-state index >= 15 is 0 Å². The summed E-state index contributed by atoms with van der Waals surface area (Å²) in [5.74, 6) is -0.699. The molecule has 2 aromatic rings. The average Bonchev–Trinajstić information content (AvgIpc) is 2.95. The fourth-order valence-electron chi connectivity index (χ4n) is 4.47. The highest BCUT2D eigenvalue weighted by atomic mass is 32.1. The molecule has 1 aliphatic heterocycles. The molecule has 0 unspecified atom stereocenters. The fraction of sp³-hybridized carbons (Fsp3) is 0.500. The first-order valence-electron chi connectivity index (χ1n) is 11.4. The van der Waals surface area contributed by atoms with Gasteiger partial charge in [-0.1, -0.05) is 18.6 Å². The van der Waals surface area contributed by atoms with Gasteiger partial charge in [0, 0.05) is 31.1 Å². The van der Waals surface area contributed by atoms with Gasteiger partial charge >= 0.3 is 5.97 Å². The second-order valence-electron chi connectivity index (χ2n) is 8.25. The zero-order valence-corrected chi connectivity index (χ0v) is 19.3. The number of amides is 1. The van der Waals surface area contributed by atoms with E-state index in [4.69, 9.17) is 4.74 Å². The van der Waals surface area contributed by atoms with Gasteiger partial charge in [0.15, 0.2) is 0 Å². The van der Waals surface area contributed by atoms with Crippen LogP contribution in [0.15, 0.2) is 24.3 Å². The topological polar surface area (TPSA) is 61.9 Å². The number of ether oxygens (including phenoxy) is 1. The highest BCUT2D eigenvalue weighted by Crippen LogP contribution is 2.38. The maximum atomic E-state index is 14.0. The number of nitrogens with one attached hydrogen (secondary N) is 1. The Kier molecular flexibility index (Phi) is 7.42. The van der Waals surface area contributed by atoms with E-state index < -0.39 is 0 Å². The van der Waals surface area contributed by atoms with E-state index in [0.717, 1.165) is 37.7 Å². The van der Waals surface area contributed by atoms with Crippen molar-refractivity contribution in [3.05, 3.63) is 46.1 Å². The lowest BCUT2D eigenvalue weighted by molar-refractivity contribution is -0.117. The molecule has 4 rings (SSSR count). The summed E-state index contributed by atoms with van der Waals surface area (Å²) in [4.78, 5) is 30.8. The summed E-state index contributed by atoms with van der Waals surface area (Å²) in [6.07, 6.45) is 5.11. The Bertz CT molecular complexity index is 969. The van der Waals surface area contributed by atoms with Crippen molar-refractivity contribution < 1.29 is 18.7 Å². The van der Waals surface area contributed by atoms with Crippen LogP contribution in [0.3, 0.4) is 0 Å². The number of rotatable bonds is 6. The van der Waals surface area contributed by atoms with Crippen LogP contribution in [0.4, 0.5) is 15.1 Å². The molecule has 32 heavy (non-hydrogen) atoms. The third-order valence-corrected chi connectivity index (χ3v) is 7.29. The van der Waals surface area contributed by atoms with Crippen molar-refractivity contribution >= 4 is 33.9 Å². The third kappa shape index (κ3) is 5.13. The third-order valence-electron chi connectivity index (χ3n) is 6.09.